The van der Waals surface area contributed by atoms with Crippen LogP contribution in [0.5, 0.6) is 0 Å². The molecule has 0 radical (unpaired) electrons. The first-order valence-electron chi connectivity index (χ1n) is 7.98. The molecule has 0 spiro atoms. The minimum absolute atomic E-state index is 0.211. The zero-order valence-corrected chi connectivity index (χ0v) is 13.2. The topological polar surface area (TPSA) is 89.2 Å². The maximum absolute atomic E-state index is 13.2. The molecule has 0 unspecified atom stereocenters. The van der Waals surface area contributed by atoms with Crippen molar-refractivity contribution in [3.05, 3.63) is 69.9 Å². The molecule has 25 heavy (non-hydrogen) atoms. The number of rotatable bonds is 2. The normalized spacial score (nSPS) is 20.3. The molecule has 2 aromatic carbocycles. The average molecular weight is 341 g/mol. The highest BCUT2D eigenvalue weighted by Crippen LogP contribution is 2.33. The molecular weight excluding hydrogens is 325 g/mol. The fraction of sp³-hybridized carbons (Fsp3) is 0.222. The van der Waals surface area contributed by atoms with Crippen LogP contribution in [0.3, 0.4) is 0 Å². The molecule has 2 atom stereocenters. The fourth-order valence-corrected chi connectivity index (χ4v) is 3.37. The number of nitrogens with zero attached hydrogens (tertiary/aromatic N) is 1. The number of aromatic nitrogens is 2. The molecule has 3 N–H and O–H groups in total. The van der Waals surface area contributed by atoms with Gasteiger partial charge in [0.2, 0.25) is 0 Å². The van der Waals surface area contributed by atoms with E-state index < -0.39 is 6.10 Å². The Kier molecular flexibility index (Phi) is 3.65. The van der Waals surface area contributed by atoms with Crippen LogP contribution in [-0.2, 0) is 0 Å². The van der Waals surface area contributed by atoms with E-state index in [4.69, 9.17) is 0 Å². The lowest BCUT2D eigenvalue weighted by Crippen LogP contribution is -2.31. The number of nitrogens with one attached hydrogen (secondary N) is 2. The molecule has 128 valence electrons. The molecule has 1 amide bonds. The summed E-state index contributed by atoms with van der Waals surface area (Å²) < 4.78 is 13.2. The summed E-state index contributed by atoms with van der Waals surface area (Å²) in [5.74, 6) is -0.586. The summed E-state index contributed by atoms with van der Waals surface area (Å²) in [5, 5.41) is 10.0. The second kappa shape index (κ2) is 5.86. The third-order valence-corrected chi connectivity index (χ3v) is 4.56. The van der Waals surface area contributed by atoms with E-state index in [-0.39, 0.29) is 30.0 Å². The third kappa shape index (κ3) is 2.83. The minimum Gasteiger partial charge on any atom is -0.391 e. The molecule has 6 nitrogen and oxygen atoms in total. The van der Waals surface area contributed by atoms with Crippen molar-refractivity contribution in [2.24, 2.45) is 0 Å². The van der Waals surface area contributed by atoms with Crippen LogP contribution in [0.2, 0.25) is 0 Å². The van der Waals surface area contributed by atoms with Gasteiger partial charge in [0.15, 0.2) is 0 Å². The van der Waals surface area contributed by atoms with E-state index in [2.05, 4.69) is 9.97 Å². The Bertz CT molecular complexity index is 993. The summed E-state index contributed by atoms with van der Waals surface area (Å²) >= 11 is 0. The van der Waals surface area contributed by atoms with Crippen LogP contribution in [-0.4, -0.2) is 38.5 Å². The highest BCUT2D eigenvalue weighted by Gasteiger charge is 2.35. The molecule has 2 heterocycles. The van der Waals surface area contributed by atoms with Gasteiger partial charge in [-0.1, -0.05) is 12.1 Å². The van der Waals surface area contributed by atoms with E-state index in [9.17, 15) is 19.1 Å². The number of carbonyl (C=O) groups excluding carboxylic acids is 1. The van der Waals surface area contributed by atoms with Gasteiger partial charge in [-0.25, -0.2) is 9.18 Å². The maximum atomic E-state index is 13.2. The molecule has 1 aromatic heterocycles. The molecule has 7 heteroatoms. The van der Waals surface area contributed by atoms with E-state index in [1.54, 1.807) is 35.2 Å². The van der Waals surface area contributed by atoms with Crippen LogP contribution in [0.25, 0.3) is 11.0 Å². The molecule has 0 bridgehead atoms. The smallest absolute Gasteiger partial charge is 0.323 e. The number of benzene rings is 2. The van der Waals surface area contributed by atoms with Crippen LogP contribution >= 0.6 is 0 Å². The molecule has 1 aliphatic rings. The first-order chi connectivity index (χ1) is 12.0. The van der Waals surface area contributed by atoms with Crippen molar-refractivity contribution in [3.63, 3.8) is 0 Å². The van der Waals surface area contributed by atoms with Crippen molar-refractivity contribution in [3.8, 4) is 0 Å². The van der Waals surface area contributed by atoms with Crippen molar-refractivity contribution in [2.75, 3.05) is 6.54 Å². The number of amides is 1. The number of aliphatic hydroxyl groups excluding tert-OH is 1. The average Bonchev–Trinajstić information content (AvgIpc) is 3.16. The Hall–Kier alpha value is -2.93. The SMILES string of the molecule is O=C(c1ccc2[nH]c(=O)[nH]c2c1)N1C[C@@H](O)C[C@H]1c1ccc(F)cc1. The third-order valence-electron chi connectivity index (χ3n) is 4.56. The Morgan fingerprint density at radius 3 is 2.60 bits per heavy atom. The van der Waals surface area contributed by atoms with Gasteiger partial charge in [0.05, 0.1) is 23.2 Å². The molecule has 0 aliphatic carbocycles. The number of halogens is 1. The summed E-state index contributed by atoms with van der Waals surface area (Å²) in [5.41, 5.74) is 2.04. The van der Waals surface area contributed by atoms with Crippen LogP contribution in [0, 0.1) is 5.82 Å². The van der Waals surface area contributed by atoms with Gasteiger partial charge in [0.1, 0.15) is 5.82 Å². The van der Waals surface area contributed by atoms with Crippen molar-refractivity contribution in [1.82, 2.24) is 14.9 Å². The van der Waals surface area contributed by atoms with Crippen molar-refractivity contribution < 1.29 is 14.3 Å². The zero-order valence-electron chi connectivity index (χ0n) is 13.2. The summed E-state index contributed by atoms with van der Waals surface area (Å²) in [6.45, 7) is 0.211. The van der Waals surface area contributed by atoms with Crippen LogP contribution < -0.4 is 5.69 Å². The maximum Gasteiger partial charge on any atom is 0.323 e. The number of aliphatic hydroxyl groups is 1. The van der Waals surface area contributed by atoms with Gasteiger partial charge in [0, 0.05) is 12.1 Å². The molecular formula is C18H16FN3O3. The number of hydrogen-bond acceptors (Lipinski definition) is 3. The predicted molar refractivity (Wildman–Crippen MR) is 89.7 cm³/mol. The highest BCUT2D eigenvalue weighted by atomic mass is 19.1. The zero-order chi connectivity index (χ0) is 17.6. The lowest BCUT2D eigenvalue weighted by molar-refractivity contribution is 0.0716. The number of β-amino-alcohol motifs (C(OH)–C–C–N with tert-alkyl or cyclic N) is 1. The van der Waals surface area contributed by atoms with Gasteiger partial charge in [-0.2, -0.15) is 0 Å². The van der Waals surface area contributed by atoms with Gasteiger partial charge in [-0.05, 0) is 42.3 Å². The second-order valence-electron chi connectivity index (χ2n) is 6.25. The van der Waals surface area contributed by atoms with E-state index in [1.165, 1.54) is 12.1 Å². The number of fused-ring (bicyclic) bond motifs is 1. The fourth-order valence-electron chi connectivity index (χ4n) is 3.37. The van der Waals surface area contributed by atoms with Crippen LogP contribution in [0.1, 0.15) is 28.4 Å². The van der Waals surface area contributed by atoms with Gasteiger partial charge in [0.25, 0.3) is 5.91 Å². The Labute approximate surface area is 141 Å². The van der Waals surface area contributed by atoms with E-state index in [0.717, 1.165) is 5.56 Å². The molecule has 1 saturated heterocycles. The summed E-state index contributed by atoms with van der Waals surface area (Å²) in [6.07, 6.45) is -0.226. The standard InChI is InChI=1S/C18H16FN3O3/c19-12-4-1-10(2-5-12)16-8-13(23)9-22(16)17(24)11-3-6-14-15(7-11)21-18(25)20-14/h1-7,13,16,23H,8-9H2,(H2,20,21,25)/t13-,16-/m0/s1. The quantitative estimate of drug-likeness (QED) is 0.665. The van der Waals surface area contributed by atoms with Crippen LogP contribution in [0.4, 0.5) is 4.39 Å². The lowest BCUT2D eigenvalue weighted by atomic mass is 10.0. The van der Waals surface area contributed by atoms with Gasteiger partial charge < -0.3 is 20.0 Å². The largest absolute Gasteiger partial charge is 0.391 e. The highest BCUT2D eigenvalue weighted by molar-refractivity contribution is 5.97. The summed E-state index contributed by atoms with van der Waals surface area (Å²) in [7, 11) is 0. The first-order valence-corrected chi connectivity index (χ1v) is 7.98. The number of carbonyl (C=O) groups is 1. The number of H-pyrrole nitrogens is 2. The van der Waals surface area contributed by atoms with Crippen molar-refractivity contribution in [2.45, 2.75) is 18.6 Å². The van der Waals surface area contributed by atoms with Gasteiger partial charge in [-0.3, -0.25) is 4.79 Å². The molecule has 1 fully saturated rings. The molecule has 3 aromatic rings. The molecule has 4 rings (SSSR count). The predicted octanol–water partition coefficient (Wildman–Crippen LogP) is 1.94. The number of likely N-dealkylation sites (tertiary alicyclic amines) is 1. The lowest BCUT2D eigenvalue weighted by Gasteiger charge is -2.25. The van der Waals surface area contributed by atoms with Gasteiger partial charge >= 0.3 is 5.69 Å². The number of imidazole rings is 1. The number of aromatic amines is 2. The van der Waals surface area contributed by atoms with E-state index >= 15 is 0 Å². The minimum atomic E-state index is -0.630. The van der Waals surface area contributed by atoms with E-state index in [0.29, 0.717) is 23.0 Å². The Balaban J connectivity index is 1.68. The number of hydrogen-bond donors (Lipinski definition) is 3. The second-order valence-corrected chi connectivity index (χ2v) is 6.25. The molecule has 0 saturated carbocycles. The Morgan fingerprint density at radius 2 is 1.84 bits per heavy atom. The molecule has 1 aliphatic heterocycles. The van der Waals surface area contributed by atoms with Crippen molar-refractivity contribution >= 4 is 16.9 Å². The van der Waals surface area contributed by atoms with Gasteiger partial charge in [-0.15, -0.1) is 0 Å². The summed E-state index contributed by atoms with van der Waals surface area (Å²) in [6, 6.07) is 10.6. The van der Waals surface area contributed by atoms with Crippen molar-refractivity contribution in [1.29, 1.82) is 0 Å². The summed E-state index contributed by atoms with van der Waals surface area (Å²) in [4.78, 5) is 31.1. The first kappa shape index (κ1) is 15.6. The van der Waals surface area contributed by atoms with E-state index in [1.807, 2.05) is 0 Å². The monoisotopic (exact) mass is 341 g/mol. The van der Waals surface area contributed by atoms with Crippen LogP contribution in [0.15, 0.2) is 47.3 Å². The Morgan fingerprint density at radius 1 is 1.12 bits per heavy atom.